The molecule has 0 spiro atoms. The number of nitriles is 1. The summed E-state index contributed by atoms with van der Waals surface area (Å²) in [5.41, 5.74) is 0. The Bertz CT molecular complexity index is 272. The zero-order valence-electron chi connectivity index (χ0n) is 8.69. The fraction of sp³-hybridized carbons (Fsp3) is 0.667. The highest BCUT2D eigenvalue weighted by molar-refractivity contribution is 5.84. The van der Waals surface area contributed by atoms with Gasteiger partial charge in [0.15, 0.2) is 0 Å². The molecule has 0 saturated heterocycles. The average molecular weight is 214 g/mol. The molecule has 0 unspecified atom stereocenters. The molecular weight excluding hydrogens is 200 g/mol. The van der Waals surface area contributed by atoms with E-state index in [2.05, 4.69) is 10.1 Å². The highest BCUT2D eigenvalue weighted by Gasteiger charge is 2.25. The molecule has 2 atom stereocenters. The van der Waals surface area contributed by atoms with Crippen LogP contribution in [0.2, 0.25) is 0 Å². The van der Waals surface area contributed by atoms with Crippen molar-refractivity contribution in [1.82, 2.24) is 5.32 Å². The number of hydrogen-bond acceptors (Lipinski definition) is 4. The number of carboxylic acids is 1. The first-order valence-corrected chi connectivity index (χ1v) is 4.41. The Morgan fingerprint density at radius 3 is 2.60 bits per heavy atom. The number of nitrogens with one attached hydrogen (secondary N) is 1. The topological polar surface area (TPSA) is 99.4 Å². The first kappa shape index (κ1) is 13.4. The van der Waals surface area contributed by atoms with Crippen molar-refractivity contribution in [3.05, 3.63) is 0 Å². The van der Waals surface area contributed by atoms with Gasteiger partial charge < -0.3 is 15.2 Å². The molecule has 1 amide bonds. The summed E-state index contributed by atoms with van der Waals surface area (Å²) in [5, 5.41) is 19.5. The molecule has 0 fully saturated rings. The number of methoxy groups -OCH3 is 1. The Kier molecular flexibility index (Phi) is 6.06. The third-order valence-corrected chi connectivity index (χ3v) is 1.84. The van der Waals surface area contributed by atoms with Gasteiger partial charge in [0.05, 0.1) is 6.07 Å². The minimum atomic E-state index is -1.15. The molecule has 0 heterocycles. The zero-order chi connectivity index (χ0) is 11.8. The standard InChI is InChI=1S/C9H14N2O4/c1-6(3-4-10)8(9(13)14)11-7(12)5-15-2/h6,8H,3,5H2,1-2H3,(H,11,12)(H,13,14)/t6-,8-/m0/s1. The lowest BCUT2D eigenvalue weighted by molar-refractivity contribution is -0.143. The molecule has 0 bridgehead atoms. The van der Waals surface area contributed by atoms with Gasteiger partial charge in [-0.3, -0.25) is 4.79 Å². The van der Waals surface area contributed by atoms with E-state index in [0.29, 0.717) is 0 Å². The van der Waals surface area contributed by atoms with E-state index in [9.17, 15) is 9.59 Å². The molecule has 0 aliphatic heterocycles. The van der Waals surface area contributed by atoms with Crippen molar-refractivity contribution >= 4 is 11.9 Å². The van der Waals surface area contributed by atoms with Crippen molar-refractivity contribution in [1.29, 1.82) is 5.26 Å². The van der Waals surface area contributed by atoms with Gasteiger partial charge in [-0.1, -0.05) is 6.92 Å². The maximum absolute atomic E-state index is 11.1. The Hall–Kier alpha value is -1.61. The summed E-state index contributed by atoms with van der Waals surface area (Å²) in [6, 6.07) is 0.813. The summed E-state index contributed by atoms with van der Waals surface area (Å²) in [6.07, 6.45) is 0.0736. The maximum atomic E-state index is 11.1. The predicted molar refractivity (Wildman–Crippen MR) is 50.8 cm³/mol. The van der Waals surface area contributed by atoms with Crippen molar-refractivity contribution in [3.63, 3.8) is 0 Å². The van der Waals surface area contributed by atoms with Crippen LogP contribution in [-0.4, -0.2) is 36.7 Å². The minimum Gasteiger partial charge on any atom is -0.480 e. The first-order valence-electron chi connectivity index (χ1n) is 4.41. The van der Waals surface area contributed by atoms with Gasteiger partial charge in [-0.05, 0) is 0 Å². The monoisotopic (exact) mass is 214 g/mol. The van der Waals surface area contributed by atoms with E-state index >= 15 is 0 Å². The number of carbonyl (C=O) groups is 2. The lowest BCUT2D eigenvalue weighted by atomic mass is 9.99. The van der Waals surface area contributed by atoms with E-state index in [1.165, 1.54) is 7.11 Å². The maximum Gasteiger partial charge on any atom is 0.326 e. The molecule has 6 heteroatoms. The van der Waals surface area contributed by atoms with Gasteiger partial charge in [0, 0.05) is 19.4 Å². The summed E-state index contributed by atoms with van der Waals surface area (Å²) in [4.78, 5) is 21.9. The van der Waals surface area contributed by atoms with Crippen LogP contribution in [0.15, 0.2) is 0 Å². The molecule has 6 nitrogen and oxygen atoms in total. The summed E-state index contributed by atoms with van der Waals surface area (Å²) < 4.78 is 4.55. The van der Waals surface area contributed by atoms with Crippen LogP contribution < -0.4 is 5.32 Å². The SMILES string of the molecule is COCC(=O)N[C@H](C(=O)O)[C@@H](C)CC#N. The van der Waals surface area contributed by atoms with Crippen molar-refractivity contribution in [2.45, 2.75) is 19.4 Å². The van der Waals surface area contributed by atoms with Gasteiger partial charge in [0.25, 0.3) is 0 Å². The Morgan fingerprint density at radius 1 is 1.60 bits per heavy atom. The van der Waals surface area contributed by atoms with Crippen LogP contribution >= 0.6 is 0 Å². The summed E-state index contributed by atoms with van der Waals surface area (Å²) in [5.74, 6) is -2.09. The van der Waals surface area contributed by atoms with E-state index in [-0.39, 0.29) is 13.0 Å². The molecular formula is C9H14N2O4. The quantitative estimate of drug-likeness (QED) is 0.635. The van der Waals surface area contributed by atoms with E-state index in [1.54, 1.807) is 6.92 Å². The first-order chi connectivity index (χ1) is 7.02. The molecule has 0 aliphatic carbocycles. The van der Waals surface area contributed by atoms with E-state index in [1.807, 2.05) is 6.07 Å². The second-order valence-electron chi connectivity index (χ2n) is 3.16. The molecule has 0 rings (SSSR count). The van der Waals surface area contributed by atoms with E-state index < -0.39 is 23.8 Å². The number of amides is 1. The molecule has 0 saturated carbocycles. The van der Waals surface area contributed by atoms with Crippen LogP contribution in [0.25, 0.3) is 0 Å². The third-order valence-electron chi connectivity index (χ3n) is 1.84. The Balaban J connectivity index is 4.35. The van der Waals surface area contributed by atoms with Gasteiger partial charge >= 0.3 is 5.97 Å². The highest BCUT2D eigenvalue weighted by atomic mass is 16.5. The Morgan fingerprint density at radius 2 is 2.20 bits per heavy atom. The van der Waals surface area contributed by atoms with Crippen LogP contribution in [0.5, 0.6) is 0 Å². The van der Waals surface area contributed by atoms with Gasteiger partial charge in [-0.25, -0.2) is 4.79 Å². The molecule has 84 valence electrons. The average Bonchev–Trinajstić information content (AvgIpc) is 2.14. The normalized spacial score (nSPS) is 13.7. The molecule has 15 heavy (non-hydrogen) atoms. The smallest absolute Gasteiger partial charge is 0.326 e. The van der Waals surface area contributed by atoms with Crippen molar-refractivity contribution in [2.75, 3.05) is 13.7 Å². The predicted octanol–water partition coefficient (Wildman–Crippen LogP) is -0.248. The number of carbonyl (C=O) groups excluding carboxylic acids is 1. The number of aliphatic carboxylic acids is 1. The lowest BCUT2D eigenvalue weighted by Crippen LogP contribution is -2.46. The third kappa shape index (κ3) is 4.98. The van der Waals surface area contributed by atoms with Gasteiger partial charge in [-0.15, -0.1) is 0 Å². The number of ether oxygens (including phenoxy) is 1. The second-order valence-corrected chi connectivity index (χ2v) is 3.16. The molecule has 0 aromatic heterocycles. The molecule has 2 N–H and O–H groups in total. The molecule has 0 aromatic rings. The van der Waals surface area contributed by atoms with E-state index in [0.717, 1.165) is 0 Å². The fourth-order valence-corrected chi connectivity index (χ4v) is 1.06. The van der Waals surface area contributed by atoms with Crippen LogP contribution in [-0.2, 0) is 14.3 Å². The van der Waals surface area contributed by atoms with Crippen LogP contribution in [0.1, 0.15) is 13.3 Å². The largest absolute Gasteiger partial charge is 0.480 e. The zero-order valence-corrected chi connectivity index (χ0v) is 8.69. The number of hydrogen-bond donors (Lipinski definition) is 2. The van der Waals surface area contributed by atoms with Gasteiger partial charge in [-0.2, -0.15) is 5.26 Å². The van der Waals surface area contributed by atoms with Gasteiger partial charge in [0.2, 0.25) is 5.91 Å². The van der Waals surface area contributed by atoms with Gasteiger partial charge in [0.1, 0.15) is 12.6 Å². The van der Waals surface area contributed by atoms with Crippen LogP contribution in [0.3, 0.4) is 0 Å². The van der Waals surface area contributed by atoms with Crippen molar-refractivity contribution in [3.8, 4) is 6.07 Å². The summed E-state index contributed by atoms with van der Waals surface area (Å²) in [7, 11) is 1.34. The van der Waals surface area contributed by atoms with Crippen molar-refractivity contribution in [2.24, 2.45) is 5.92 Å². The lowest BCUT2D eigenvalue weighted by Gasteiger charge is -2.18. The number of carboxylic acid groups (broad SMARTS) is 1. The van der Waals surface area contributed by atoms with Crippen molar-refractivity contribution < 1.29 is 19.4 Å². The van der Waals surface area contributed by atoms with E-state index in [4.69, 9.17) is 10.4 Å². The molecule has 0 aromatic carbocycles. The highest BCUT2D eigenvalue weighted by Crippen LogP contribution is 2.07. The molecule has 0 radical (unpaired) electrons. The number of nitrogens with zero attached hydrogens (tertiary/aromatic N) is 1. The summed E-state index contributed by atoms with van der Waals surface area (Å²) >= 11 is 0. The van der Waals surface area contributed by atoms with Crippen LogP contribution in [0, 0.1) is 17.2 Å². The number of rotatable bonds is 6. The second kappa shape index (κ2) is 6.79. The van der Waals surface area contributed by atoms with Crippen LogP contribution in [0.4, 0.5) is 0 Å². The molecule has 0 aliphatic rings. The fourth-order valence-electron chi connectivity index (χ4n) is 1.06. The minimum absolute atomic E-state index is 0.0736. The summed E-state index contributed by atoms with van der Waals surface area (Å²) in [6.45, 7) is 1.40. The Labute approximate surface area is 87.8 Å².